The average molecular weight is 356 g/mol. The predicted octanol–water partition coefficient (Wildman–Crippen LogP) is -1.13. The first-order chi connectivity index (χ1) is 11.3. The smallest absolute Gasteiger partial charge is 0.332 e. The van der Waals surface area contributed by atoms with Gasteiger partial charge in [-0.25, -0.2) is 9.78 Å². The van der Waals surface area contributed by atoms with Gasteiger partial charge in [0.05, 0.1) is 20.0 Å². The van der Waals surface area contributed by atoms with Crippen LogP contribution in [0.25, 0.3) is 11.2 Å². The summed E-state index contributed by atoms with van der Waals surface area (Å²) in [6.45, 7) is -0.253. The molecule has 2 aromatic heterocycles. The Morgan fingerprint density at radius 1 is 1.08 bits per heavy atom. The van der Waals surface area contributed by atoms with Gasteiger partial charge in [-0.2, -0.15) is 0 Å². The molecule has 0 radical (unpaired) electrons. The number of imidazole rings is 1. The largest absolute Gasteiger partial charge is 0.468 e. The summed E-state index contributed by atoms with van der Waals surface area (Å²) in [5.74, 6) is -1.13. The van der Waals surface area contributed by atoms with Crippen molar-refractivity contribution in [1.82, 2.24) is 18.7 Å². The molecule has 10 nitrogen and oxygen atoms in total. The van der Waals surface area contributed by atoms with Crippen LogP contribution in [0.15, 0.2) is 14.7 Å². The fraction of sp³-hybridized carbons (Fsp3) is 0.462. The number of fused-ring (bicyclic) bond motifs is 1. The van der Waals surface area contributed by atoms with Gasteiger partial charge in [0.2, 0.25) is 0 Å². The summed E-state index contributed by atoms with van der Waals surface area (Å²) >= 11 is 0.993. The quantitative estimate of drug-likeness (QED) is 0.488. The molecule has 2 rings (SSSR count). The lowest BCUT2D eigenvalue weighted by Gasteiger charge is -2.09. The fourth-order valence-electron chi connectivity index (χ4n) is 2.10. The number of nitrogens with zero attached hydrogens (tertiary/aromatic N) is 4. The maximum Gasteiger partial charge on any atom is 0.332 e. The molecule has 0 saturated carbocycles. The van der Waals surface area contributed by atoms with E-state index in [1.54, 1.807) is 0 Å². The third kappa shape index (κ3) is 3.07. The van der Waals surface area contributed by atoms with Gasteiger partial charge in [0, 0.05) is 14.1 Å². The monoisotopic (exact) mass is 356 g/mol. The topological polar surface area (TPSA) is 114 Å². The third-order valence-corrected chi connectivity index (χ3v) is 4.32. The van der Waals surface area contributed by atoms with Crippen molar-refractivity contribution in [3.63, 3.8) is 0 Å². The third-order valence-electron chi connectivity index (χ3n) is 3.37. The fourth-order valence-corrected chi connectivity index (χ4v) is 2.93. The molecule has 130 valence electrons. The lowest BCUT2D eigenvalue weighted by atomic mass is 10.5. The second-order valence-electron chi connectivity index (χ2n) is 4.80. The number of methoxy groups -OCH3 is 2. The van der Waals surface area contributed by atoms with Crippen molar-refractivity contribution in [3.05, 3.63) is 20.8 Å². The molecule has 0 aliphatic heterocycles. The van der Waals surface area contributed by atoms with E-state index >= 15 is 0 Å². The summed E-state index contributed by atoms with van der Waals surface area (Å²) in [7, 11) is 5.28. The van der Waals surface area contributed by atoms with Crippen molar-refractivity contribution in [1.29, 1.82) is 0 Å². The van der Waals surface area contributed by atoms with E-state index in [2.05, 4.69) is 14.5 Å². The summed E-state index contributed by atoms with van der Waals surface area (Å²) in [6, 6.07) is 0. The number of hydrogen-bond acceptors (Lipinski definition) is 8. The standard InChI is InChI=1S/C13H16N4O6S/c1-15-10-9(11(20)16(2)13(15)21)14-12(24-6-8(19)23-4)17(10)5-7(18)22-3/h5-6H2,1-4H3. The number of aryl methyl sites for hydroxylation is 1. The van der Waals surface area contributed by atoms with Gasteiger partial charge in [-0.1, -0.05) is 11.8 Å². The van der Waals surface area contributed by atoms with Crippen molar-refractivity contribution in [2.24, 2.45) is 14.1 Å². The van der Waals surface area contributed by atoms with Crippen LogP contribution in [-0.4, -0.2) is 50.6 Å². The van der Waals surface area contributed by atoms with E-state index in [9.17, 15) is 19.2 Å². The molecular formula is C13H16N4O6S. The van der Waals surface area contributed by atoms with Crippen LogP contribution >= 0.6 is 11.8 Å². The molecule has 0 aliphatic rings. The van der Waals surface area contributed by atoms with E-state index < -0.39 is 23.2 Å². The zero-order valence-electron chi connectivity index (χ0n) is 13.6. The van der Waals surface area contributed by atoms with E-state index in [4.69, 9.17) is 0 Å². The summed E-state index contributed by atoms with van der Waals surface area (Å²) in [6.07, 6.45) is 0. The Kier molecular flexibility index (Phi) is 5.12. The molecule has 0 aromatic carbocycles. The number of aromatic nitrogens is 4. The summed E-state index contributed by atoms with van der Waals surface area (Å²) in [4.78, 5) is 51.6. The lowest BCUT2D eigenvalue weighted by Crippen LogP contribution is -2.37. The Morgan fingerprint density at radius 3 is 2.29 bits per heavy atom. The van der Waals surface area contributed by atoms with Crippen LogP contribution in [0.5, 0.6) is 0 Å². The Labute approximate surface area is 140 Å². The van der Waals surface area contributed by atoms with Crippen LogP contribution in [-0.2, 0) is 39.7 Å². The molecule has 11 heteroatoms. The molecule has 0 bridgehead atoms. The van der Waals surface area contributed by atoms with Gasteiger partial charge in [0.25, 0.3) is 5.56 Å². The van der Waals surface area contributed by atoms with Gasteiger partial charge < -0.3 is 9.47 Å². The lowest BCUT2D eigenvalue weighted by molar-refractivity contribution is -0.141. The number of hydrogen-bond donors (Lipinski definition) is 0. The van der Waals surface area contributed by atoms with Crippen LogP contribution < -0.4 is 11.2 Å². The average Bonchev–Trinajstić information content (AvgIpc) is 2.94. The SMILES string of the molecule is COC(=O)CSc1nc2c(=O)n(C)c(=O)n(C)c2n1CC(=O)OC. The van der Waals surface area contributed by atoms with E-state index in [0.717, 1.165) is 16.3 Å². The summed E-state index contributed by atoms with van der Waals surface area (Å²) in [5, 5.41) is 0.235. The van der Waals surface area contributed by atoms with Gasteiger partial charge >= 0.3 is 17.6 Å². The zero-order valence-corrected chi connectivity index (χ0v) is 14.4. The predicted molar refractivity (Wildman–Crippen MR) is 85.0 cm³/mol. The Hall–Kier alpha value is -2.56. The van der Waals surface area contributed by atoms with Gasteiger partial charge in [0.1, 0.15) is 6.54 Å². The van der Waals surface area contributed by atoms with Gasteiger partial charge in [0.15, 0.2) is 16.3 Å². The first-order valence-corrected chi connectivity index (χ1v) is 7.73. The molecule has 0 atom stereocenters. The van der Waals surface area contributed by atoms with Crippen LogP contribution in [0.4, 0.5) is 0 Å². The highest BCUT2D eigenvalue weighted by atomic mass is 32.2. The van der Waals surface area contributed by atoms with E-state index in [0.29, 0.717) is 0 Å². The molecule has 0 spiro atoms. The molecule has 0 amide bonds. The normalized spacial score (nSPS) is 10.8. The van der Waals surface area contributed by atoms with Crippen molar-refractivity contribution < 1.29 is 19.1 Å². The minimum atomic E-state index is -0.586. The summed E-state index contributed by atoms with van der Waals surface area (Å²) in [5.41, 5.74) is -0.934. The van der Waals surface area contributed by atoms with Gasteiger partial charge in [-0.3, -0.25) is 28.1 Å². The highest BCUT2D eigenvalue weighted by Gasteiger charge is 2.21. The first kappa shape index (κ1) is 17.8. The number of rotatable bonds is 5. The molecule has 0 saturated heterocycles. The first-order valence-electron chi connectivity index (χ1n) is 6.74. The van der Waals surface area contributed by atoms with Crippen molar-refractivity contribution in [3.8, 4) is 0 Å². The number of carbonyl (C=O) groups excluding carboxylic acids is 2. The van der Waals surface area contributed by atoms with Crippen molar-refractivity contribution in [2.45, 2.75) is 11.7 Å². The number of carbonyl (C=O) groups is 2. The van der Waals surface area contributed by atoms with Crippen molar-refractivity contribution >= 4 is 34.9 Å². The van der Waals surface area contributed by atoms with Crippen LogP contribution in [0, 0.1) is 0 Å². The molecule has 0 unspecified atom stereocenters. The number of ether oxygens (including phenoxy) is 2. The second-order valence-corrected chi connectivity index (χ2v) is 5.74. The number of esters is 2. The minimum absolute atomic E-state index is 0.0240. The molecular weight excluding hydrogens is 340 g/mol. The van der Waals surface area contributed by atoms with Crippen LogP contribution in [0.1, 0.15) is 0 Å². The van der Waals surface area contributed by atoms with Gasteiger partial charge in [-0.05, 0) is 0 Å². The molecule has 0 fully saturated rings. The zero-order chi connectivity index (χ0) is 18.0. The molecule has 2 heterocycles. The molecule has 0 aliphatic carbocycles. The van der Waals surface area contributed by atoms with E-state index in [-0.39, 0.29) is 28.6 Å². The second kappa shape index (κ2) is 6.91. The van der Waals surface area contributed by atoms with Crippen molar-refractivity contribution in [2.75, 3.05) is 20.0 Å². The van der Waals surface area contributed by atoms with Crippen LogP contribution in [0.3, 0.4) is 0 Å². The maximum absolute atomic E-state index is 12.3. The Balaban J connectivity index is 2.70. The van der Waals surface area contributed by atoms with Crippen LogP contribution in [0.2, 0.25) is 0 Å². The van der Waals surface area contributed by atoms with Gasteiger partial charge in [-0.15, -0.1) is 0 Å². The number of thioether (sulfide) groups is 1. The molecule has 2 aromatic rings. The Morgan fingerprint density at radius 2 is 1.71 bits per heavy atom. The summed E-state index contributed by atoms with van der Waals surface area (Å²) < 4.78 is 12.7. The molecule has 0 N–H and O–H groups in total. The van der Waals surface area contributed by atoms with E-state index in [1.165, 1.54) is 37.4 Å². The minimum Gasteiger partial charge on any atom is -0.468 e. The Bertz CT molecular complexity index is 925. The highest BCUT2D eigenvalue weighted by Crippen LogP contribution is 2.22. The highest BCUT2D eigenvalue weighted by molar-refractivity contribution is 7.99. The maximum atomic E-state index is 12.3. The molecule has 24 heavy (non-hydrogen) atoms. The van der Waals surface area contributed by atoms with E-state index in [1.807, 2.05) is 0 Å².